The number of benzene rings is 1. The van der Waals surface area contributed by atoms with Crippen molar-refractivity contribution in [2.45, 2.75) is 33.4 Å². The molecule has 20 heavy (non-hydrogen) atoms. The van der Waals surface area contributed by atoms with E-state index in [-0.39, 0.29) is 6.04 Å². The van der Waals surface area contributed by atoms with Gasteiger partial charge in [-0.3, -0.25) is 0 Å². The smallest absolute Gasteiger partial charge is 0.131 e. The van der Waals surface area contributed by atoms with Gasteiger partial charge in [-0.2, -0.15) is 0 Å². The van der Waals surface area contributed by atoms with E-state index in [0.29, 0.717) is 6.61 Å². The van der Waals surface area contributed by atoms with Crippen LogP contribution in [0.2, 0.25) is 5.02 Å². The van der Waals surface area contributed by atoms with Gasteiger partial charge >= 0.3 is 0 Å². The van der Waals surface area contributed by atoms with E-state index in [2.05, 4.69) is 24.1 Å². The Morgan fingerprint density at radius 2 is 2.25 bits per heavy atom. The van der Waals surface area contributed by atoms with Crippen LogP contribution in [0.25, 0.3) is 0 Å². The van der Waals surface area contributed by atoms with Crippen LogP contribution in [0, 0.1) is 6.92 Å². The normalized spacial score (nSPS) is 12.4. The molecule has 0 saturated carbocycles. The predicted octanol–water partition coefficient (Wildman–Crippen LogP) is 4.35. The summed E-state index contributed by atoms with van der Waals surface area (Å²) in [5.74, 6) is 0.855. The van der Waals surface area contributed by atoms with Gasteiger partial charge in [0.15, 0.2) is 0 Å². The maximum atomic E-state index is 6.09. The van der Waals surface area contributed by atoms with Crippen molar-refractivity contribution >= 4 is 22.9 Å². The van der Waals surface area contributed by atoms with Gasteiger partial charge in [0.1, 0.15) is 12.4 Å². The molecule has 3 nitrogen and oxygen atoms in total. The Morgan fingerprint density at radius 1 is 1.45 bits per heavy atom. The van der Waals surface area contributed by atoms with Crippen LogP contribution < -0.4 is 10.1 Å². The number of nitrogens with zero attached hydrogens (tertiary/aromatic N) is 1. The largest absolute Gasteiger partial charge is 0.487 e. The summed E-state index contributed by atoms with van der Waals surface area (Å²) in [7, 11) is 0. The van der Waals surface area contributed by atoms with E-state index in [1.54, 1.807) is 11.3 Å². The van der Waals surface area contributed by atoms with Crippen LogP contribution >= 0.6 is 22.9 Å². The zero-order valence-electron chi connectivity index (χ0n) is 11.9. The van der Waals surface area contributed by atoms with Gasteiger partial charge in [-0.15, -0.1) is 11.3 Å². The highest BCUT2D eigenvalue weighted by atomic mass is 35.5. The lowest BCUT2D eigenvalue weighted by Crippen LogP contribution is -2.18. The maximum absolute atomic E-state index is 6.09. The molecule has 1 unspecified atom stereocenters. The molecule has 0 aliphatic rings. The highest BCUT2D eigenvalue weighted by Gasteiger charge is 2.12. The second-order valence-electron chi connectivity index (χ2n) is 4.61. The Bertz CT molecular complexity index is 571. The highest BCUT2D eigenvalue weighted by Crippen LogP contribution is 2.29. The van der Waals surface area contributed by atoms with Gasteiger partial charge < -0.3 is 10.1 Å². The molecule has 0 aliphatic heterocycles. The molecule has 0 amide bonds. The molecule has 0 fully saturated rings. The number of rotatable bonds is 6. The van der Waals surface area contributed by atoms with Gasteiger partial charge in [-0.25, -0.2) is 4.98 Å². The third-order valence-electron chi connectivity index (χ3n) is 2.99. The minimum Gasteiger partial charge on any atom is -0.487 e. The van der Waals surface area contributed by atoms with E-state index in [9.17, 15) is 0 Å². The average Bonchev–Trinajstić information content (AvgIpc) is 2.83. The molecule has 0 bridgehead atoms. The van der Waals surface area contributed by atoms with Crippen LogP contribution in [-0.2, 0) is 6.61 Å². The molecular weight excluding hydrogens is 292 g/mol. The Balaban J connectivity index is 2.13. The van der Waals surface area contributed by atoms with Gasteiger partial charge in [-0.1, -0.05) is 18.5 Å². The monoisotopic (exact) mass is 310 g/mol. The topological polar surface area (TPSA) is 34.1 Å². The second-order valence-corrected chi connectivity index (χ2v) is 6.11. The highest BCUT2D eigenvalue weighted by molar-refractivity contribution is 7.09. The lowest BCUT2D eigenvalue weighted by Gasteiger charge is -2.17. The van der Waals surface area contributed by atoms with E-state index in [4.69, 9.17) is 16.3 Å². The van der Waals surface area contributed by atoms with Crippen molar-refractivity contribution in [2.24, 2.45) is 0 Å². The van der Waals surface area contributed by atoms with Gasteiger partial charge in [0.25, 0.3) is 0 Å². The Kier molecular flexibility index (Phi) is 5.40. The molecule has 0 saturated heterocycles. The zero-order chi connectivity index (χ0) is 14.5. The first-order valence-corrected chi connectivity index (χ1v) is 7.92. The number of aromatic nitrogens is 1. The summed E-state index contributed by atoms with van der Waals surface area (Å²) >= 11 is 7.72. The minimum absolute atomic E-state index is 0.200. The average molecular weight is 311 g/mol. The minimum atomic E-state index is 0.200. The van der Waals surface area contributed by atoms with Crippen LogP contribution in [0.4, 0.5) is 0 Å². The Labute approximate surface area is 129 Å². The molecule has 1 atom stereocenters. The van der Waals surface area contributed by atoms with Crippen LogP contribution in [0.3, 0.4) is 0 Å². The molecule has 5 heteroatoms. The van der Waals surface area contributed by atoms with Crippen LogP contribution in [0.15, 0.2) is 23.6 Å². The molecule has 2 aromatic rings. The second kappa shape index (κ2) is 7.07. The number of hydrogen-bond donors (Lipinski definition) is 1. The number of ether oxygens (including phenoxy) is 1. The van der Waals surface area contributed by atoms with Crippen LogP contribution in [0.5, 0.6) is 5.75 Å². The standard InChI is InChI=1S/C15H19ClN2OS/c1-4-17-10(2)14-7-12(16)5-6-15(14)19-8-13-9-20-11(3)18-13/h5-7,9-10,17H,4,8H2,1-3H3. The molecule has 1 heterocycles. The molecule has 0 aliphatic carbocycles. The van der Waals surface area contributed by atoms with E-state index < -0.39 is 0 Å². The fourth-order valence-electron chi connectivity index (χ4n) is 2.03. The number of hydrogen-bond acceptors (Lipinski definition) is 4. The van der Waals surface area contributed by atoms with Gasteiger partial charge in [-0.05, 0) is 38.6 Å². The van der Waals surface area contributed by atoms with Crippen LogP contribution in [0.1, 0.15) is 36.2 Å². The molecule has 1 N–H and O–H groups in total. The Morgan fingerprint density at radius 3 is 2.90 bits per heavy atom. The first-order chi connectivity index (χ1) is 9.60. The van der Waals surface area contributed by atoms with E-state index >= 15 is 0 Å². The van der Waals surface area contributed by atoms with Crippen molar-refractivity contribution in [3.05, 3.63) is 44.9 Å². The van der Waals surface area contributed by atoms with E-state index in [1.807, 2.05) is 30.5 Å². The third kappa shape index (κ3) is 3.95. The predicted molar refractivity (Wildman–Crippen MR) is 84.7 cm³/mol. The Hall–Kier alpha value is -1.10. The number of halogens is 1. The summed E-state index contributed by atoms with van der Waals surface area (Å²) in [6.07, 6.45) is 0. The summed E-state index contributed by atoms with van der Waals surface area (Å²) in [5.41, 5.74) is 2.04. The zero-order valence-corrected chi connectivity index (χ0v) is 13.5. The summed E-state index contributed by atoms with van der Waals surface area (Å²) < 4.78 is 5.90. The lowest BCUT2D eigenvalue weighted by molar-refractivity contribution is 0.296. The molecule has 2 rings (SSSR count). The fraction of sp³-hybridized carbons (Fsp3) is 0.400. The summed E-state index contributed by atoms with van der Waals surface area (Å²) in [5, 5.41) is 7.19. The molecule has 108 valence electrons. The van der Waals surface area contributed by atoms with Crippen molar-refractivity contribution < 1.29 is 4.74 Å². The number of thiazole rings is 1. The van der Waals surface area contributed by atoms with Crippen molar-refractivity contribution in [1.82, 2.24) is 10.3 Å². The van der Waals surface area contributed by atoms with Crippen molar-refractivity contribution in [3.8, 4) is 5.75 Å². The van der Waals surface area contributed by atoms with Gasteiger partial charge in [0, 0.05) is 22.0 Å². The van der Waals surface area contributed by atoms with Crippen molar-refractivity contribution in [2.75, 3.05) is 6.54 Å². The van der Waals surface area contributed by atoms with Gasteiger partial charge in [0.2, 0.25) is 0 Å². The molecule has 0 radical (unpaired) electrons. The van der Waals surface area contributed by atoms with Crippen LogP contribution in [-0.4, -0.2) is 11.5 Å². The molecule has 1 aromatic carbocycles. The summed E-state index contributed by atoms with van der Waals surface area (Å²) in [6.45, 7) is 7.57. The van der Waals surface area contributed by atoms with Gasteiger partial charge in [0.05, 0.1) is 10.7 Å². The molecule has 1 aromatic heterocycles. The number of aryl methyl sites for hydroxylation is 1. The van der Waals surface area contributed by atoms with E-state index in [1.165, 1.54) is 0 Å². The fourth-order valence-corrected chi connectivity index (χ4v) is 2.81. The number of nitrogens with one attached hydrogen (secondary N) is 1. The van der Waals surface area contributed by atoms with Crippen molar-refractivity contribution in [1.29, 1.82) is 0 Å². The summed E-state index contributed by atoms with van der Waals surface area (Å²) in [6, 6.07) is 5.93. The summed E-state index contributed by atoms with van der Waals surface area (Å²) in [4.78, 5) is 4.41. The quantitative estimate of drug-likeness (QED) is 0.861. The molecular formula is C15H19ClN2OS. The SMILES string of the molecule is CCNC(C)c1cc(Cl)ccc1OCc1csc(C)n1. The van der Waals surface area contributed by atoms with Crippen molar-refractivity contribution in [3.63, 3.8) is 0 Å². The first kappa shape index (κ1) is 15.3. The molecule has 0 spiro atoms. The third-order valence-corrected chi connectivity index (χ3v) is 4.05. The van der Waals surface area contributed by atoms with E-state index in [0.717, 1.165) is 33.6 Å². The first-order valence-electron chi connectivity index (χ1n) is 6.66. The lowest BCUT2D eigenvalue weighted by atomic mass is 10.1. The maximum Gasteiger partial charge on any atom is 0.131 e.